The fourth-order valence-electron chi connectivity index (χ4n) is 4.03. The Morgan fingerprint density at radius 2 is 1.77 bits per heavy atom. The molecule has 1 aliphatic carbocycles. The van der Waals surface area contributed by atoms with Crippen LogP contribution in [0, 0.1) is 0 Å². The van der Waals surface area contributed by atoms with Crippen LogP contribution in [0.2, 0.25) is 5.02 Å². The zero-order chi connectivity index (χ0) is 21.1. The van der Waals surface area contributed by atoms with Crippen molar-refractivity contribution in [3.63, 3.8) is 0 Å². The molecule has 2 atom stereocenters. The minimum Gasteiger partial charge on any atom is -0.478 e. The van der Waals surface area contributed by atoms with Gasteiger partial charge in [-0.05, 0) is 71.3 Å². The number of halogens is 2. The number of fused-ring (bicyclic) bond motifs is 1. The summed E-state index contributed by atoms with van der Waals surface area (Å²) >= 11 is 6.02. The zero-order valence-electron chi connectivity index (χ0n) is 16.9. The second-order valence-electron chi connectivity index (χ2n) is 7.78. The van der Waals surface area contributed by atoms with Crippen LogP contribution in [0.4, 0.5) is 0 Å². The molecule has 0 aliphatic heterocycles. The number of hydrogen-bond donors (Lipinski definition) is 3. The first kappa shape index (κ1) is 23.3. The Labute approximate surface area is 193 Å². The minimum absolute atomic E-state index is 0. The molecule has 3 aromatic carbocycles. The first-order chi connectivity index (χ1) is 14.5. The molecule has 3 aromatic rings. The average Bonchev–Trinajstić information content (AvgIpc) is 2.77. The third kappa shape index (κ3) is 5.66. The van der Waals surface area contributed by atoms with Gasteiger partial charge in [0.1, 0.15) is 0 Å². The topological polar surface area (TPSA) is 69.6 Å². The van der Waals surface area contributed by atoms with E-state index in [4.69, 9.17) is 16.7 Å². The number of benzene rings is 3. The molecule has 4 nitrogen and oxygen atoms in total. The lowest BCUT2D eigenvalue weighted by Gasteiger charge is -2.27. The lowest BCUT2D eigenvalue weighted by Crippen LogP contribution is -2.37. The molecular formula is C25H25Cl2NO3. The number of nitrogens with one attached hydrogen (secondary N) is 1. The number of aromatic carboxylic acids is 1. The third-order valence-corrected chi connectivity index (χ3v) is 5.97. The van der Waals surface area contributed by atoms with Crippen molar-refractivity contribution in [2.75, 3.05) is 6.54 Å². The van der Waals surface area contributed by atoms with Gasteiger partial charge in [-0.1, -0.05) is 54.1 Å². The van der Waals surface area contributed by atoms with Crippen molar-refractivity contribution in [3.8, 4) is 11.1 Å². The molecular weight excluding hydrogens is 433 g/mol. The Hall–Kier alpha value is -2.37. The van der Waals surface area contributed by atoms with Crippen molar-refractivity contribution >= 4 is 30.0 Å². The highest BCUT2D eigenvalue weighted by Gasteiger charge is 2.20. The van der Waals surface area contributed by atoms with Crippen molar-refractivity contribution in [1.82, 2.24) is 5.32 Å². The maximum atomic E-state index is 11.1. The highest BCUT2D eigenvalue weighted by atomic mass is 35.5. The second kappa shape index (κ2) is 10.3. The molecule has 0 fully saturated rings. The van der Waals surface area contributed by atoms with E-state index in [1.807, 2.05) is 24.3 Å². The van der Waals surface area contributed by atoms with E-state index >= 15 is 0 Å². The minimum atomic E-state index is -0.916. The number of aryl methyl sites for hydroxylation is 1. The summed E-state index contributed by atoms with van der Waals surface area (Å²) in [6.45, 7) is 0.483. The van der Waals surface area contributed by atoms with Gasteiger partial charge in [-0.3, -0.25) is 0 Å². The normalized spacial score (nSPS) is 16.1. The van der Waals surface area contributed by atoms with E-state index in [9.17, 15) is 9.90 Å². The van der Waals surface area contributed by atoms with Crippen molar-refractivity contribution in [3.05, 3.63) is 94.0 Å². The van der Waals surface area contributed by atoms with E-state index in [1.54, 1.807) is 24.3 Å². The highest BCUT2D eigenvalue weighted by Crippen LogP contribution is 2.28. The third-order valence-electron chi connectivity index (χ3n) is 5.73. The number of hydrogen-bond acceptors (Lipinski definition) is 3. The molecule has 1 aliphatic rings. The molecule has 0 unspecified atom stereocenters. The van der Waals surface area contributed by atoms with Crippen LogP contribution in [0.3, 0.4) is 0 Å². The number of rotatable bonds is 6. The van der Waals surface area contributed by atoms with Gasteiger partial charge in [-0.2, -0.15) is 0 Å². The molecule has 0 aromatic heterocycles. The van der Waals surface area contributed by atoms with E-state index in [2.05, 4.69) is 23.5 Å². The number of carbonyl (C=O) groups is 1. The molecule has 31 heavy (non-hydrogen) atoms. The smallest absolute Gasteiger partial charge is 0.335 e. The van der Waals surface area contributed by atoms with Crippen LogP contribution in [-0.2, 0) is 12.8 Å². The molecule has 0 amide bonds. The lowest BCUT2D eigenvalue weighted by molar-refractivity contribution is 0.0697. The van der Waals surface area contributed by atoms with Gasteiger partial charge in [-0.15, -0.1) is 12.4 Å². The van der Waals surface area contributed by atoms with Crippen molar-refractivity contribution < 1.29 is 15.0 Å². The first-order valence-electron chi connectivity index (χ1n) is 10.1. The van der Waals surface area contributed by atoms with Gasteiger partial charge in [0, 0.05) is 17.6 Å². The molecule has 162 valence electrons. The van der Waals surface area contributed by atoms with Gasteiger partial charge < -0.3 is 15.5 Å². The summed E-state index contributed by atoms with van der Waals surface area (Å²) in [6.07, 6.45) is 2.34. The van der Waals surface area contributed by atoms with Crippen LogP contribution in [-0.4, -0.2) is 28.8 Å². The molecule has 0 radical (unpaired) electrons. The van der Waals surface area contributed by atoms with E-state index in [0.29, 0.717) is 23.2 Å². The fraction of sp³-hybridized carbons (Fsp3) is 0.240. The molecule has 0 bridgehead atoms. The Bertz CT molecular complexity index is 1050. The quantitative estimate of drug-likeness (QED) is 0.469. The summed E-state index contributed by atoms with van der Waals surface area (Å²) < 4.78 is 0. The maximum absolute atomic E-state index is 11.1. The summed E-state index contributed by atoms with van der Waals surface area (Å²) in [6, 6.07) is 21.1. The number of aliphatic hydroxyl groups excluding tert-OH is 1. The standard InChI is InChI=1S/C25H24ClNO3.ClH/c26-22-3-1-2-20(13-22)24(28)15-27-23-11-10-17-6-9-19(12-21(17)14-23)16-4-7-18(8-5-16)25(29)30;/h1-9,12-13,23-24,27-28H,10-11,14-15H2,(H,29,30);1H/t23-,24+;/m0./s1. The van der Waals surface area contributed by atoms with Crippen LogP contribution in [0.1, 0.15) is 39.6 Å². The van der Waals surface area contributed by atoms with Gasteiger partial charge in [0.05, 0.1) is 11.7 Å². The SMILES string of the molecule is Cl.O=C(O)c1ccc(-c2ccc3c(c2)C[C@@H](NC[C@@H](O)c2cccc(Cl)c2)CC3)cc1. The van der Waals surface area contributed by atoms with E-state index in [0.717, 1.165) is 36.0 Å². The molecule has 0 saturated heterocycles. The molecule has 0 heterocycles. The fourth-order valence-corrected chi connectivity index (χ4v) is 4.22. The Kier molecular flexibility index (Phi) is 7.74. The van der Waals surface area contributed by atoms with E-state index in [1.165, 1.54) is 11.1 Å². The van der Waals surface area contributed by atoms with E-state index < -0.39 is 12.1 Å². The number of carboxylic acid groups (broad SMARTS) is 1. The van der Waals surface area contributed by atoms with Gasteiger partial charge in [-0.25, -0.2) is 4.79 Å². The second-order valence-corrected chi connectivity index (χ2v) is 8.22. The van der Waals surface area contributed by atoms with Crippen molar-refractivity contribution in [2.45, 2.75) is 31.4 Å². The molecule has 0 spiro atoms. The predicted octanol–water partition coefficient (Wildman–Crippen LogP) is 5.31. The Morgan fingerprint density at radius 3 is 2.48 bits per heavy atom. The lowest BCUT2D eigenvalue weighted by atomic mass is 9.86. The number of aliphatic hydroxyl groups is 1. The zero-order valence-corrected chi connectivity index (χ0v) is 18.5. The van der Waals surface area contributed by atoms with Crippen LogP contribution >= 0.6 is 24.0 Å². The summed E-state index contributed by atoms with van der Waals surface area (Å²) in [7, 11) is 0. The van der Waals surface area contributed by atoms with E-state index in [-0.39, 0.29) is 12.4 Å². The molecule has 4 rings (SSSR count). The van der Waals surface area contributed by atoms with Gasteiger partial charge in [0.2, 0.25) is 0 Å². The van der Waals surface area contributed by atoms with Crippen molar-refractivity contribution in [1.29, 1.82) is 0 Å². The maximum Gasteiger partial charge on any atom is 0.335 e. The summed E-state index contributed by atoms with van der Waals surface area (Å²) in [5.74, 6) is -0.916. The average molecular weight is 458 g/mol. The summed E-state index contributed by atoms with van der Waals surface area (Å²) in [4.78, 5) is 11.1. The Balaban J connectivity index is 0.00000272. The van der Waals surface area contributed by atoms with Gasteiger partial charge in [0.15, 0.2) is 0 Å². The van der Waals surface area contributed by atoms with Gasteiger partial charge in [0.25, 0.3) is 0 Å². The summed E-state index contributed by atoms with van der Waals surface area (Å²) in [5, 5.41) is 23.7. The largest absolute Gasteiger partial charge is 0.478 e. The Morgan fingerprint density at radius 1 is 1.03 bits per heavy atom. The first-order valence-corrected chi connectivity index (χ1v) is 10.5. The van der Waals surface area contributed by atoms with Crippen LogP contribution in [0.25, 0.3) is 11.1 Å². The van der Waals surface area contributed by atoms with Crippen LogP contribution in [0.15, 0.2) is 66.7 Å². The molecule has 3 N–H and O–H groups in total. The van der Waals surface area contributed by atoms with Crippen molar-refractivity contribution in [2.24, 2.45) is 0 Å². The molecule has 0 saturated carbocycles. The highest BCUT2D eigenvalue weighted by molar-refractivity contribution is 6.30. The molecule has 6 heteroatoms. The number of carboxylic acids is 1. The van der Waals surface area contributed by atoms with Gasteiger partial charge >= 0.3 is 5.97 Å². The summed E-state index contributed by atoms with van der Waals surface area (Å²) in [5.41, 5.74) is 5.86. The monoisotopic (exact) mass is 457 g/mol. The van der Waals surface area contributed by atoms with Crippen LogP contribution < -0.4 is 5.32 Å². The van der Waals surface area contributed by atoms with Crippen LogP contribution in [0.5, 0.6) is 0 Å². The predicted molar refractivity (Wildman–Crippen MR) is 126 cm³/mol.